The van der Waals surface area contributed by atoms with Crippen molar-refractivity contribution in [1.82, 2.24) is 0 Å². The van der Waals surface area contributed by atoms with Crippen LogP contribution < -0.4 is 5.73 Å². The number of nitrogen functional groups attached to an aromatic ring is 1. The zero-order chi connectivity index (χ0) is 9.14. The van der Waals surface area contributed by atoms with Crippen molar-refractivity contribution in [2.75, 3.05) is 5.73 Å². The van der Waals surface area contributed by atoms with Gasteiger partial charge in [0.1, 0.15) is 5.76 Å². The highest BCUT2D eigenvalue weighted by molar-refractivity contribution is 5.63. The van der Waals surface area contributed by atoms with Gasteiger partial charge in [0.05, 0.1) is 0 Å². The Morgan fingerprint density at radius 2 is 2.17 bits per heavy atom. The Kier molecular flexibility index (Phi) is 2.38. The highest BCUT2D eigenvalue weighted by atomic mass is 16.3. The number of rotatable bonds is 1. The van der Waals surface area contributed by atoms with Crippen molar-refractivity contribution in [3.05, 3.63) is 35.4 Å². The minimum absolute atomic E-state index is 0.299. The van der Waals surface area contributed by atoms with Crippen LogP contribution in [0.25, 0.3) is 5.76 Å². The second-order valence-electron chi connectivity index (χ2n) is 2.75. The average molecular weight is 163 g/mol. The topological polar surface area (TPSA) is 46.2 Å². The first-order valence-electron chi connectivity index (χ1n) is 3.87. The second kappa shape index (κ2) is 3.30. The Hall–Kier alpha value is -1.44. The van der Waals surface area contributed by atoms with Crippen LogP contribution in [-0.2, 0) is 0 Å². The van der Waals surface area contributed by atoms with Gasteiger partial charge in [0.2, 0.25) is 0 Å². The first kappa shape index (κ1) is 8.65. The van der Waals surface area contributed by atoms with Gasteiger partial charge in [-0.3, -0.25) is 0 Å². The maximum Gasteiger partial charge on any atom is 0.118 e. The highest BCUT2D eigenvalue weighted by Gasteiger charge is 2.01. The van der Waals surface area contributed by atoms with Gasteiger partial charge in [-0.25, -0.2) is 0 Å². The molecule has 0 aliphatic rings. The van der Waals surface area contributed by atoms with Crippen molar-refractivity contribution in [2.24, 2.45) is 0 Å². The molecule has 0 heterocycles. The van der Waals surface area contributed by atoms with Gasteiger partial charge in [0.25, 0.3) is 0 Å². The lowest BCUT2D eigenvalue weighted by Crippen LogP contribution is -1.91. The van der Waals surface area contributed by atoms with Crippen LogP contribution in [0.3, 0.4) is 0 Å². The summed E-state index contributed by atoms with van der Waals surface area (Å²) in [6, 6.07) is 5.44. The lowest BCUT2D eigenvalue weighted by molar-refractivity contribution is 0.510. The number of anilines is 1. The predicted molar refractivity (Wildman–Crippen MR) is 51.9 cm³/mol. The minimum Gasteiger partial charge on any atom is -0.508 e. The van der Waals surface area contributed by atoms with E-state index in [0.29, 0.717) is 5.76 Å². The molecular weight excluding hydrogens is 150 g/mol. The van der Waals surface area contributed by atoms with E-state index in [0.717, 1.165) is 16.8 Å². The van der Waals surface area contributed by atoms with Crippen LogP contribution in [-0.4, -0.2) is 5.11 Å². The number of hydrogen-bond acceptors (Lipinski definition) is 2. The van der Waals surface area contributed by atoms with Crippen LogP contribution in [0.4, 0.5) is 5.69 Å². The number of aryl methyl sites for hydroxylation is 1. The first-order chi connectivity index (χ1) is 5.65. The number of hydrogen-bond donors (Lipinski definition) is 2. The summed E-state index contributed by atoms with van der Waals surface area (Å²) in [5.41, 5.74) is 8.12. The summed E-state index contributed by atoms with van der Waals surface area (Å²) in [6.45, 7) is 3.72. The summed E-state index contributed by atoms with van der Waals surface area (Å²) >= 11 is 0. The van der Waals surface area contributed by atoms with Gasteiger partial charge in [-0.05, 0) is 43.7 Å². The molecule has 0 spiro atoms. The molecule has 64 valence electrons. The lowest BCUT2D eigenvalue weighted by atomic mass is 10.1. The van der Waals surface area contributed by atoms with Crippen molar-refractivity contribution in [2.45, 2.75) is 13.8 Å². The van der Waals surface area contributed by atoms with Crippen molar-refractivity contribution in [3.63, 3.8) is 0 Å². The molecule has 1 rings (SSSR count). The third-order valence-corrected chi connectivity index (χ3v) is 1.80. The molecule has 0 aromatic heterocycles. The Morgan fingerprint density at radius 1 is 1.50 bits per heavy atom. The van der Waals surface area contributed by atoms with Crippen LogP contribution in [0.15, 0.2) is 24.3 Å². The van der Waals surface area contributed by atoms with E-state index in [2.05, 4.69) is 0 Å². The molecule has 0 radical (unpaired) electrons. The maximum atomic E-state index is 9.42. The van der Waals surface area contributed by atoms with E-state index in [1.165, 1.54) is 0 Å². The summed E-state index contributed by atoms with van der Waals surface area (Å²) in [5, 5.41) is 9.42. The molecule has 1 aromatic carbocycles. The van der Waals surface area contributed by atoms with Crippen LogP contribution in [0.5, 0.6) is 0 Å². The molecule has 2 heteroatoms. The van der Waals surface area contributed by atoms with E-state index < -0.39 is 0 Å². The smallest absolute Gasteiger partial charge is 0.118 e. The first-order valence-corrected chi connectivity index (χ1v) is 3.87. The Labute approximate surface area is 72.3 Å². The summed E-state index contributed by atoms with van der Waals surface area (Å²) in [7, 11) is 0. The van der Waals surface area contributed by atoms with Gasteiger partial charge >= 0.3 is 0 Å². The molecule has 0 aliphatic carbocycles. The number of nitrogens with two attached hydrogens (primary N) is 1. The number of aliphatic hydroxyl groups is 1. The summed E-state index contributed by atoms with van der Waals surface area (Å²) < 4.78 is 0. The number of allylic oxidation sites excluding steroid dienone is 1. The van der Waals surface area contributed by atoms with Crippen LogP contribution in [0, 0.1) is 6.92 Å². The molecule has 0 fully saturated rings. The van der Waals surface area contributed by atoms with Crippen molar-refractivity contribution in [3.8, 4) is 0 Å². The van der Waals surface area contributed by atoms with Crippen molar-refractivity contribution < 1.29 is 5.11 Å². The van der Waals surface area contributed by atoms with E-state index in [-0.39, 0.29) is 0 Å². The molecule has 0 aliphatic heterocycles. The fraction of sp³-hybridized carbons (Fsp3) is 0.200. The van der Waals surface area contributed by atoms with Gasteiger partial charge in [-0.1, -0.05) is 0 Å². The zero-order valence-electron chi connectivity index (χ0n) is 7.33. The van der Waals surface area contributed by atoms with E-state index in [9.17, 15) is 5.11 Å². The van der Waals surface area contributed by atoms with Gasteiger partial charge in [-0.2, -0.15) is 0 Å². The van der Waals surface area contributed by atoms with E-state index in [4.69, 9.17) is 5.73 Å². The predicted octanol–water partition coefficient (Wildman–Crippen LogP) is 2.50. The Morgan fingerprint density at radius 3 is 2.67 bits per heavy atom. The molecule has 12 heavy (non-hydrogen) atoms. The highest BCUT2D eigenvalue weighted by Crippen LogP contribution is 2.18. The summed E-state index contributed by atoms with van der Waals surface area (Å²) in [4.78, 5) is 0. The molecular formula is C10H13NO. The van der Waals surface area contributed by atoms with Gasteiger partial charge in [-0.15, -0.1) is 0 Å². The molecule has 0 unspecified atom stereocenters. The third kappa shape index (κ3) is 1.59. The third-order valence-electron chi connectivity index (χ3n) is 1.80. The standard InChI is InChI=1S/C10H13NO/c1-3-10(12)9-5-4-8(11)6-7(9)2/h3-6,12H,11H2,1-2H3/b10-3-. The maximum absolute atomic E-state index is 9.42. The van der Waals surface area contributed by atoms with Gasteiger partial charge in [0, 0.05) is 11.3 Å². The SMILES string of the molecule is C/C=C(\O)c1ccc(N)cc1C. The molecule has 0 saturated carbocycles. The summed E-state index contributed by atoms with van der Waals surface area (Å²) in [5.74, 6) is 0.299. The van der Waals surface area contributed by atoms with Crippen molar-refractivity contribution >= 4 is 11.4 Å². The molecule has 0 saturated heterocycles. The Balaban J connectivity index is 3.18. The molecule has 3 N–H and O–H groups in total. The average Bonchev–Trinajstić information content (AvgIpc) is 2.03. The molecule has 0 amide bonds. The fourth-order valence-electron chi connectivity index (χ4n) is 1.13. The largest absolute Gasteiger partial charge is 0.508 e. The van der Waals surface area contributed by atoms with Gasteiger partial charge < -0.3 is 10.8 Å². The normalized spacial score (nSPS) is 11.7. The van der Waals surface area contributed by atoms with Crippen LogP contribution >= 0.6 is 0 Å². The monoisotopic (exact) mass is 163 g/mol. The molecule has 1 aromatic rings. The molecule has 2 nitrogen and oxygen atoms in total. The number of benzene rings is 1. The molecule has 0 bridgehead atoms. The lowest BCUT2D eigenvalue weighted by Gasteiger charge is -2.04. The van der Waals surface area contributed by atoms with E-state index in [1.807, 2.05) is 19.1 Å². The second-order valence-corrected chi connectivity index (χ2v) is 2.75. The fourth-order valence-corrected chi connectivity index (χ4v) is 1.13. The minimum atomic E-state index is 0.299. The van der Waals surface area contributed by atoms with Crippen molar-refractivity contribution in [1.29, 1.82) is 0 Å². The van der Waals surface area contributed by atoms with Gasteiger partial charge in [0.15, 0.2) is 0 Å². The van der Waals surface area contributed by atoms with E-state index in [1.54, 1.807) is 19.1 Å². The summed E-state index contributed by atoms with van der Waals surface area (Å²) in [6.07, 6.45) is 1.67. The van der Waals surface area contributed by atoms with Crippen LogP contribution in [0.1, 0.15) is 18.1 Å². The quantitative estimate of drug-likeness (QED) is 0.493. The van der Waals surface area contributed by atoms with E-state index >= 15 is 0 Å². The zero-order valence-corrected chi connectivity index (χ0v) is 7.33. The van der Waals surface area contributed by atoms with Crippen LogP contribution in [0.2, 0.25) is 0 Å². The Bertz CT molecular complexity index is 316. The number of aliphatic hydroxyl groups excluding tert-OH is 1. The molecule has 0 atom stereocenters.